The normalized spacial score (nSPS) is 16.7. The Balaban J connectivity index is 0.00000455. The van der Waals surface area contributed by atoms with Crippen LogP contribution in [0, 0.1) is 6.92 Å². The van der Waals surface area contributed by atoms with Gasteiger partial charge in [-0.25, -0.2) is 4.98 Å². The summed E-state index contributed by atoms with van der Waals surface area (Å²) in [7, 11) is 6.00. The van der Waals surface area contributed by atoms with Gasteiger partial charge >= 0.3 is 0 Å². The number of rotatable bonds is 7. The first-order chi connectivity index (χ1) is 27.1. The molecular formula is C44H46ClN7O5. The molecule has 3 aliphatic heterocycles. The largest absolute Gasteiger partial charge is 0.508 e. The first kappa shape index (κ1) is 38.1. The highest BCUT2D eigenvalue weighted by molar-refractivity contribution is 6.13. The van der Waals surface area contributed by atoms with Gasteiger partial charge in [-0.1, -0.05) is 24.3 Å². The number of phenolic OH excluding ortho intramolecular Hbond substituents is 1. The van der Waals surface area contributed by atoms with Crippen molar-refractivity contribution in [2.45, 2.75) is 25.9 Å². The zero-order valence-corrected chi connectivity index (χ0v) is 33.3. The molecule has 0 bridgehead atoms. The molecule has 0 radical (unpaired) electrons. The number of amides is 2. The van der Waals surface area contributed by atoms with Gasteiger partial charge in [0, 0.05) is 93.6 Å². The molecule has 6 heterocycles. The van der Waals surface area contributed by atoms with Crippen LogP contribution in [0.4, 0.5) is 11.4 Å². The fourth-order valence-corrected chi connectivity index (χ4v) is 8.35. The molecule has 3 aliphatic rings. The van der Waals surface area contributed by atoms with Crippen molar-refractivity contribution in [3.05, 3.63) is 119 Å². The summed E-state index contributed by atoms with van der Waals surface area (Å²) >= 11 is 0. The second-order valence-electron chi connectivity index (χ2n) is 15.2. The average Bonchev–Trinajstić information content (AvgIpc) is 3.91. The molecule has 1 atom stereocenters. The third kappa shape index (κ3) is 6.98. The quantitative estimate of drug-likeness (QED) is 0.195. The molecule has 0 saturated carbocycles. The highest BCUT2D eigenvalue weighted by atomic mass is 35.5. The van der Waals surface area contributed by atoms with Crippen LogP contribution in [-0.4, -0.2) is 98.3 Å². The summed E-state index contributed by atoms with van der Waals surface area (Å²) in [5, 5.41) is 11.0. The number of pyridine rings is 1. The first-order valence-electron chi connectivity index (χ1n) is 19.1. The number of carbonyl (C=O) groups is 2. The number of halogens is 1. The van der Waals surface area contributed by atoms with E-state index < -0.39 is 0 Å². The van der Waals surface area contributed by atoms with Gasteiger partial charge < -0.3 is 33.5 Å². The molecule has 0 spiro atoms. The van der Waals surface area contributed by atoms with Crippen molar-refractivity contribution in [3.63, 3.8) is 0 Å². The van der Waals surface area contributed by atoms with Gasteiger partial charge in [-0.2, -0.15) is 0 Å². The van der Waals surface area contributed by atoms with Crippen molar-refractivity contribution in [1.29, 1.82) is 0 Å². The molecule has 1 fully saturated rings. The number of benzene rings is 3. The number of aromatic nitrogens is 3. The van der Waals surface area contributed by atoms with Crippen LogP contribution >= 0.6 is 12.4 Å². The fraction of sp³-hybridized carbons (Fsp3) is 0.295. The van der Waals surface area contributed by atoms with Gasteiger partial charge in [0.15, 0.2) is 11.5 Å². The van der Waals surface area contributed by atoms with E-state index in [1.54, 1.807) is 41.4 Å². The zero-order chi connectivity index (χ0) is 38.7. The lowest BCUT2D eigenvalue weighted by Crippen LogP contribution is -2.53. The number of fused-ring (bicyclic) bond motifs is 3. The van der Waals surface area contributed by atoms with Crippen molar-refractivity contribution in [2.75, 3.05) is 51.5 Å². The highest BCUT2D eigenvalue weighted by Gasteiger charge is 2.35. The molecule has 9 rings (SSSR count). The van der Waals surface area contributed by atoms with Crippen LogP contribution in [0.25, 0.3) is 22.3 Å². The zero-order valence-electron chi connectivity index (χ0n) is 32.5. The summed E-state index contributed by atoms with van der Waals surface area (Å²) in [4.78, 5) is 43.2. The molecular weight excluding hydrogens is 742 g/mol. The van der Waals surface area contributed by atoms with Gasteiger partial charge in [-0.05, 0) is 86.1 Å². The minimum absolute atomic E-state index is 0. The molecule has 2 amide bonds. The average molecular weight is 788 g/mol. The van der Waals surface area contributed by atoms with Gasteiger partial charge in [0.2, 0.25) is 6.79 Å². The number of nitrogens with zero attached hydrogens (tertiary/aromatic N) is 7. The lowest BCUT2D eigenvalue weighted by molar-refractivity contribution is 0.0536. The Bertz CT molecular complexity index is 2490. The Kier molecular flexibility index (Phi) is 10.2. The van der Waals surface area contributed by atoms with Gasteiger partial charge in [0.25, 0.3) is 11.8 Å². The molecule has 3 aromatic carbocycles. The highest BCUT2D eigenvalue weighted by Crippen LogP contribution is 2.42. The number of likely N-dealkylation sites (N-methyl/N-ethyl adjacent to an activating group) is 1. The predicted molar refractivity (Wildman–Crippen MR) is 222 cm³/mol. The van der Waals surface area contributed by atoms with Gasteiger partial charge in [0.1, 0.15) is 11.4 Å². The summed E-state index contributed by atoms with van der Waals surface area (Å²) in [5.41, 5.74) is 7.41. The summed E-state index contributed by atoms with van der Waals surface area (Å²) in [6, 6.07) is 24.4. The molecule has 0 unspecified atom stereocenters. The fourth-order valence-electron chi connectivity index (χ4n) is 8.35. The number of phenols is 1. The van der Waals surface area contributed by atoms with Crippen molar-refractivity contribution in [1.82, 2.24) is 28.8 Å². The molecule has 12 nitrogen and oxygen atoms in total. The number of aromatic hydroxyl groups is 1. The second-order valence-corrected chi connectivity index (χ2v) is 15.2. The minimum atomic E-state index is -0.277. The van der Waals surface area contributed by atoms with Crippen molar-refractivity contribution in [2.24, 2.45) is 14.1 Å². The molecule has 1 N–H and O–H groups in total. The number of piperazine rings is 1. The molecule has 294 valence electrons. The number of aryl methyl sites for hydroxylation is 1. The van der Waals surface area contributed by atoms with Crippen molar-refractivity contribution < 1.29 is 24.2 Å². The van der Waals surface area contributed by atoms with Crippen molar-refractivity contribution in [3.8, 4) is 28.5 Å². The van der Waals surface area contributed by atoms with Crippen LogP contribution < -0.4 is 14.4 Å². The Morgan fingerprint density at radius 1 is 0.860 bits per heavy atom. The van der Waals surface area contributed by atoms with Gasteiger partial charge in [0.05, 0.1) is 23.0 Å². The van der Waals surface area contributed by atoms with E-state index in [9.17, 15) is 9.90 Å². The Morgan fingerprint density at radius 2 is 1.58 bits per heavy atom. The van der Waals surface area contributed by atoms with E-state index in [-0.39, 0.29) is 42.8 Å². The van der Waals surface area contributed by atoms with Crippen LogP contribution in [0.1, 0.15) is 37.5 Å². The number of hydrogen-bond acceptors (Lipinski definition) is 8. The Morgan fingerprint density at radius 3 is 2.33 bits per heavy atom. The first-order valence-corrected chi connectivity index (χ1v) is 19.1. The third-order valence-corrected chi connectivity index (χ3v) is 11.7. The van der Waals surface area contributed by atoms with E-state index in [0.29, 0.717) is 51.8 Å². The number of carbonyl (C=O) groups excluding carboxylic acids is 2. The number of anilines is 2. The smallest absolute Gasteiger partial charge is 0.264 e. The van der Waals surface area contributed by atoms with E-state index in [2.05, 4.69) is 40.0 Å². The van der Waals surface area contributed by atoms with Crippen LogP contribution in [-0.2, 0) is 27.1 Å². The van der Waals surface area contributed by atoms with Crippen LogP contribution in [0.5, 0.6) is 17.2 Å². The summed E-state index contributed by atoms with van der Waals surface area (Å²) < 4.78 is 15.6. The molecule has 3 aromatic heterocycles. The van der Waals surface area contributed by atoms with Crippen LogP contribution in [0.2, 0.25) is 0 Å². The van der Waals surface area contributed by atoms with Gasteiger partial charge in [-0.3, -0.25) is 19.4 Å². The number of hydrogen-bond donors (Lipinski definition) is 1. The Labute approximate surface area is 337 Å². The minimum Gasteiger partial charge on any atom is -0.508 e. The topological polar surface area (TPSA) is 109 Å². The van der Waals surface area contributed by atoms with E-state index in [4.69, 9.17) is 9.47 Å². The summed E-state index contributed by atoms with van der Waals surface area (Å²) in [6.45, 7) is 7.17. The van der Waals surface area contributed by atoms with E-state index >= 15 is 4.79 Å². The van der Waals surface area contributed by atoms with Gasteiger partial charge in [-0.15, -0.1) is 12.4 Å². The maximum atomic E-state index is 15.1. The van der Waals surface area contributed by atoms with E-state index in [0.717, 1.165) is 61.4 Å². The molecule has 6 aromatic rings. The summed E-state index contributed by atoms with van der Waals surface area (Å²) in [5.74, 6) is 0.801. The molecule has 57 heavy (non-hydrogen) atoms. The molecule has 1 saturated heterocycles. The maximum absolute atomic E-state index is 15.1. The standard InChI is InChI=1S/C44H45N7O5.ClH/c1-28-36(44(54)51(32-9-11-35(52)12-10-32)33-20-30-13-14-47(3)42(30)45-24-33)21-39(48(28)4)37-22-40-41(56-27-55-40)23-38(37)43(53)50-25-31-8-6-5-7-29(31)19-34(50)26-49-17-15-46(2)16-18-49;/h5-14,20-24,34,52H,15-19,25-27H2,1-4H3;1H/t34-;/m0./s1. The SMILES string of the molecule is Cc1c(C(=O)N(c2ccc(O)cc2)c2cnc3c(ccn3C)c2)cc(-c2cc3c(cc2C(=O)N2Cc4ccccc4C[C@H]2CN2CCN(C)CC2)OCO3)n1C.Cl. The van der Waals surface area contributed by atoms with E-state index in [1.165, 1.54) is 5.56 Å². The van der Waals surface area contributed by atoms with Crippen LogP contribution in [0.3, 0.4) is 0 Å². The third-order valence-electron chi connectivity index (χ3n) is 11.7. The molecule has 0 aliphatic carbocycles. The van der Waals surface area contributed by atoms with E-state index in [1.807, 2.05) is 71.6 Å². The second kappa shape index (κ2) is 15.3. The Hall–Kier alpha value is -5.82. The predicted octanol–water partition coefficient (Wildman–Crippen LogP) is 6.54. The number of ether oxygens (including phenoxy) is 2. The van der Waals surface area contributed by atoms with Crippen molar-refractivity contribution >= 4 is 46.6 Å². The lowest BCUT2D eigenvalue weighted by Gasteiger charge is -2.41. The monoisotopic (exact) mass is 787 g/mol. The summed E-state index contributed by atoms with van der Waals surface area (Å²) in [6.07, 6.45) is 4.40. The lowest BCUT2D eigenvalue weighted by atomic mass is 9.92. The maximum Gasteiger partial charge on any atom is 0.264 e. The molecule has 13 heteroatoms. The van der Waals surface area contributed by atoms with Crippen LogP contribution in [0.15, 0.2) is 91.3 Å².